The Kier molecular flexibility index (Phi) is 2.07. The van der Waals surface area contributed by atoms with Gasteiger partial charge in [0, 0.05) is 11.2 Å². The van der Waals surface area contributed by atoms with Gasteiger partial charge in [-0.15, -0.1) is 0 Å². The maximum Gasteiger partial charge on any atom is 0.216 e. The van der Waals surface area contributed by atoms with Crippen LogP contribution in [0.4, 0.5) is 4.39 Å². The SMILES string of the molecule is Cc1cccc2cc3c(=O)c4cc(F)ccc4oc3n12. The second-order valence-corrected chi connectivity index (χ2v) is 4.86. The van der Waals surface area contributed by atoms with E-state index in [1.165, 1.54) is 18.2 Å². The lowest BCUT2D eigenvalue weighted by Crippen LogP contribution is -2.02. The molecule has 0 saturated carbocycles. The van der Waals surface area contributed by atoms with E-state index in [9.17, 15) is 9.18 Å². The number of hydrogen-bond acceptors (Lipinski definition) is 2. The maximum absolute atomic E-state index is 13.3. The summed E-state index contributed by atoms with van der Waals surface area (Å²) in [6.07, 6.45) is 0. The van der Waals surface area contributed by atoms with Crippen LogP contribution in [0, 0.1) is 12.7 Å². The number of pyridine rings is 1. The fraction of sp³-hybridized carbons (Fsp3) is 0.0625. The molecule has 3 heterocycles. The first kappa shape index (κ1) is 11.2. The standard InChI is InChI=1S/C16H10FNO2/c1-9-3-2-4-11-8-13-15(19)12-7-10(17)5-6-14(12)20-16(13)18(9)11/h2-8H,1H3. The highest BCUT2D eigenvalue weighted by Gasteiger charge is 2.13. The monoisotopic (exact) mass is 267 g/mol. The normalized spacial score (nSPS) is 11.7. The quantitative estimate of drug-likeness (QED) is 0.487. The molecule has 0 aliphatic carbocycles. The molecule has 0 radical (unpaired) electrons. The summed E-state index contributed by atoms with van der Waals surface area (Å²) in [7, 11) is 0. The number of rotatable bonds is 0. The van der Waals surface area contributed by atoms with Crippen LogP contribution in [0.1, 0.15) is 5.69 Å². The molecule has 0 amide bonds. The Morgan fingerprint density at radius 3 is 2.80 bits per heavy atom. The van der Waals surface area contributed by atoms with Crippen molar-refractivity contribution in [3.63, 3.8) is 0 Å². The summed E-state index contributed by atoms with van der Waals surface area (Å²) in [4.78, 5) is 12.5. The third-order valence-electron chi connectivity index (χ3n) is 3.58. The van der Waals surface area contributed by atoms with Gasteiger partial charge in [0.05, 0.1) is 10.8 Å². The first-order valence-corrected chi connectivity index (χ1v) is 6.28. The average molecular weight is 267 g/mol. The molecule has 4 heteroatoms. The number of nitrogens with zero attached hydrogens (tertiary/aromatic N) is 1. The number of halogens is 1. The zero-order chi connectivity index (χ0) is 13.9. The van der Waals surface area contributed by atoms with E-state index >= 15 is 0 Å². The Bertz CT molecular complexity index is 1040. The number of benzene rings is 1. The number of aromatic nitrogens is 1. The second kappa shape index (κ2) is 3.70. The minimum atomic E-state index is -0.441. The van der Waals surface area contributed by atoms with Crippen LogP contribution in [0.25, 0.3) is 27.6 Å². The van der Waals surface area contributed by atoms with Gasteiger partial charge in [0.1, 0.15) is 11.4 Å². The highest BCUT2D eigenvalue weighted by atomic mass is 19.1. The van der Waals surface area contributed by atoms with E-state index in [4.69, 9.17) is 4.42 Å². The van der Waals surface area contributed by atoms with Crippen molar-refractivity contribution in [3.8, 4) is 0 Å². The van der Waals surface area contributed by atoms with Gasteiger partial charge in [-0.3, -0.25) is 9.20 Å². The fourth-order valence-corrected chi connectivity index (χ4v) is 2.64. The van der Waals surface area contributed by atoms with E-state index in [-0.39, 0.29) is 10.8 Å². The van der Waals surface area contributed by atoms with Crippen LogP contribution in [0.2, 0.25) is 0 Å². The molecule has 3 aromatic heterocycles. The Hall–Kier alpha value is -2.62. The molecular formula is C16H10FNO2. The van der Waals surface area contributed by atoms with Crippen molar-refractivity contribution in [1.29, 1.82) is 0 Å². The van der Waals surface area contributed by atoms with Crippen molar-refractivity contribution in [3.05, 3.63) is 64.2 Å². The molecule has 0 N–H and O–H groups in total. The highest BCUT2D eigenvalue weighted by Crippen LogP contribution is 2.24. The smallest absolute Gasteiger partial charge is 0.216 e. The molecule has 1 aromatic carbocycles. The highest BCUT2D eigenvalue weighted by molar-refractivity contribution is 5.92. The van der Waals surface area contributed by atoms with Crippen LogP contribution in [-0.4, -0.2) is 4.40 Å². The molecule has 3 nitrogen and oxygen atoms in total. The second-order valence-electron chi connectivity index (χ2n) is 4.86. The van der Waals surface area contributed by atoms with Crippen LogP contribution in [0.15, 0.2) is 51.7 Å². The van der Waals surface area contributed by atoms with E-state index in [0.717, 1.165) is 11.2 Å². The van der Waals surface area contributed by atoms with Gasteiger partial charge in [-0.25, -0.2) is 4.39 Å². The Morgan fingerprint density at radius 1 is 1.10 bits per heavy atom. The molecule has 0 aliphatic heterocycles. The van der Waals surface area contributed by atoms with Gasteiger partial charge in [-0.1, -0.05) is 6.07 Å². The van der Waals surface area contributed by atoms with Crippen LogP contribution in [-0.2, 0) is 0 Å². The Balaban J connectivity index is 2.34. The van der Waals surface area contributed by atoms with Gasteiger partial charge in [0.2, 0.25) is 11.1 Å². The molecule has 98 valence electrons. The van der Waals surface area contributed by atoms with Crippen LogP contribution in [0.5, 0.6) is 0 Å². The summed E-state index contributed by atoms with van der Waals surface area (Å²) >= 11 is 0. The fourth-order valence-electron chi connectivity index (χ4n) is 2.64. The summed E-state index contributed by atoms with van der Waals surface area (Å²) in [6.45, 7) is 1.95. The first-order chi connectivity index (χ1) is 9.65. The topological polar surface area (TPSA) is 34.6 Å². The molecule has 0 bridgehead atoms. The number of hydrogen-bond donors (Lipinski definition) is 0. The Morgan fingerprint density at radius 2 is 1.95 bits per heavy atom. The van der Waals surface area contributed by atoms with Gasteiger partial charge >= 0.3 is 0 Å². The van der Waals surface area contributed by atoms with Crippen LogP contribution >= 0.6 is 0 Å². The lowest BCUT2D eigenvalue weighted by atomic mass is 10.2. The summed E-state index contributed by atoms with van der Waals surface area (Å²) < 4.78 is 21.0. The summed E-state index contributed by atoms with van der Waals surface area (Å²) in [5, 5.41) is 0.739. The molecular weight excluding hydrogens is 257 g/mol. The Labute approximate surface area is 112 Å². The zero-order valence-corrected chi connectivity index (χ0v) is 10.7. The van der Waals surface area contributed by atoms with E-state index in [0.29, 0.717) is 16.7 Å². The van der Waals surface area contributed by atoms with Gasteiger partial charge in [0.25, 0.3) is 0 Å². The van der Waals surface area contributed by atoms with Gasteiger partial charge in [-0.2, -0.15) is 0 Å². The van der Waals surface area contributed by atoms with E-state index < -0.39 is 5.82 Å². The first-order valence-electron chi connectivity index (χ1n) is 6.28. The number of fused-ring (bicyclic) bond motifs is 4. The molecule has 4 rings (SSSR count). The van der Waals surface area contributed by atoms with Crippen molar-refractivity contribution in [2.45, 2.75) is 6.92 Å². The molecule has 4 aromatic rings. The lowest BCUT2D eigenvalue weighted by molar-refractivity contribution is 0.619. The van der Waals surface area contributed by atoms with E-state index in [1.807, 2.05) is 29.5 Å². The van der Waals surface area contributed by atoms with Gasteiger partial charge in [-0.05, 0) is 43.3 Å². The van der Waals surface area contributed by atoms with E-state index in [1.54, 1.807) is 6.07 Å². The largest absolute Gasteiger partial charge is 0.439 e. The minimum absolute atomic E-state index is 0.205. The predicted octanol–water partition coefficient (Wildman–Crippen LogP) is 3.65. The molecule has 0 aliphatic rings. The summed E-state index contributed by atoms with van der Waals surface area (Å²) in [5.74, 6) is -0.441. The average Bonchev–Trinajstić information content (AvgIpc) is 2.80. The molecule has 0 unspecified atom stereocenters. The lowest BCUT2D eigenvalue weighted by Gasteiger charge is -2.02. The molecule has 0 fully saturated rings. The van der Waals surface area contributed by atoms with Gasteiger partial charge < -0.3 is 4.42 Å². The minimum Gasteiger partial charge on any atom is -0.439 e. The summed E-state index contributed by atoms with van der Waals surface area (Å²) in [6, 6.07) is 11.6. The summed E-state index contributed by atoms with van der Waals surface area (Å²) in [5.41, 5.74) is 2.55. The van der Waals surface area contributed by atoms with Crippen molar-refractivity contribution in [2.24, 2.45) is 0 Å². The van der Waals surface area contributed by atoms with Crippen molar-refractivity contribution in [1.82, 2.24) is 4.40 Å². The third kappa shape index (κ3) is 1.36. The van der Waals surface area contributed by atoms with Crippen molar-refractivity contribution in [2.75, 3.05) is 0 Å². The van der Waals surface area contributed by atoms with E-state index in [2.05, 4.69) is 0 Å². The van der Waals surface area contributed by atoms with Gasteiger partial charge in [0.15, 0.2) is 0 Å². The molecule has 0 saturated heterocycles. The zero-order valence-electron chi connectivity index (χ0n) is 10.7. The number of aryl methyl sites for hydroxylation is 1. The molecule has 0 spiro atoms. The van der Waals surface area contributed by atoms with Crippen molar-refractivity contribution < 1.29 is 8.81 Å². The van der Waals surface area contributed by atoms with Crippen LogP contribution in [0.3, 0.4) is 0 Å². The van der Waals surface area contributed by atoms with Crippen molar-refractivity contribution >= 4 is 27.6 Å². The van der Waals surface area contributed by atoms with Crippen LogP contribution < -0.4 is 5.43 Å². The predicted molar refractivity (Wildman–Crippen MR) is 75.6 cm³/mol. The molecule has 0 atom stereocenters. The molecule has 20 heavy (non-hydrogen) atoms. The maximum atomic E-state index is 13.3. The third-order valence-corrected chi connectivity index (χ3v) is 3.58.